The van der Waals surface area contributed by atoms with Crippen molar-refractivity contribution in [2.75, 3.05) is 5.32 Å². The van der Waals surface area contributed by atoms with Crippen LogP contribution in [0.5, 0.6) is 0 Å². The van der Waals surface area contributed by atoms with E-state index in [0.717, 1.165) is 4.90 Å². The van der Waals surface area contributed by atoms with Gasteiger partial charge in [-0.15, -0.1) is 5.10 Å². The molecule has 0 radical (unpaired) electrons. The van der Waals surface area contributed by atoms with E-state index in [-0.39, 0.29) is 23.2 Å². The van der Waals surface area contributed by atoms with Crippen LogP contribution in [0.4, 0.5) is 5.69 Å². The summed E-state index contributed by atoms with van der Waals surface area (Å²) in [5, 5.41) is 13.8. The van der Waals surface area contributed by atoms with Crippen LogP contribution in [0, 0.1) is 0 Å². The van der Waals surface area contributed by atoms with Crippen LogP contribution >= 0.6 is 0 Å². The van der Waals surface area contributed by atoms with E-state index in [9.17, 15) is 14.4 Å². The summed E-state index contributed by atoms with van der Waals surface area (Å²) in [6.45, 7) is 0.0326. The maximum absolute atomic E-state index is 12.8. The van der Waals surface area contributed by atoms with Gasteiger partial charge in [-0.25, -0.2) is 4.68 Å². The van der Waals surface area contributed by atoms with Crippen LogP contribution < -0.4 is 5.32 Å². The van der Waals surface area contributed by atoms with Gasteiger partial charge in [0.1, 0.15) is 12.1 Å². The van der Waals surface area contributed by atoms with E-state index < -0.39 is 17.7 Å². The fourth-order valence-corrected chi connectivity index (χ4v) is 3.34. The molecular weight excluding hydrogens is 400 g/mol. The van der Waals surface area contributed by atoms with Crippen LogP contribution in [0.25, 0.3) is 5.69 Å². The fourth-order valence-electron chi connectivity index (χ4n) is 3.34. The summed E-state index contributed by atoms with van der Waals surface area (Å²) in [5.74, 6) is -0.805. The minimum Gasteiger partial charge on any atom is -0.467 e. The van der Waals surface area contributed by atoms with Crippen molar-refractivity contribution in [1.82, 2.24) is 25.1 Å². The Kier molecular flexibility index (Phi) is 4.36. The molecule has 0 saturated heterocycles. The molecule has 3 heterocycles. The summed E-state index contributed by atoms with van der Waals surface area (Å²) in [4.78, 5) is 39.2. The number of hydrogen-bond donors (Lipinski definition) is 1. The fraction of sp³-hybridized carbons (Fsp3) is 0.0476. The molecular formula is C21H14N6O4. The lowest BCUT2D eigenvalue weighted by atomic mass is 10.1. The molecule has 0 saturated carbocycles. The number of imide groups is 1. The summed E-state index contributed by atoms with van der Waals surface area (Å²) in [5.41, 5.74) is 1.90. The molecule has 4 aromatic rings. The summed E-state index contributed by atoms with van der Waals surface area (Å²) >= 11 is 0. The average Bonchev–Trinajstić information content (AvgIpc) is 3.54. The molecule has 10 nitrogen and oxygen atoms in total. The molecule has 152 valence electrons. The third-order valence-corrected chi connectivity index (χ3v) is 4.84. The first-order valence-electron chi connectivity index (χ1n) is 9.27. The van der Waals surface area contributed by atoms with Crippen molar-refractivity contribution in [3.8, 4) is 5.69 Å². The second kappa shape index (κ2) is 7.34. The first-order chi connectivity index (χ1) is 15.1. The number of carbonyl (C=O) groups is 3. The van der Waals surface area contributed by atoms with Gasteiger partial charge in [-0.3, -0.25) is 19.3 Å². The standard InChI is InChI=1S/C21H14N6O4/c28-19(23-14-3-1-4-15(10-14)27-12-22-24-25-27)13-6-7-17-18(9-13)21(30)26(20(17)29)11-16-5-2-8-31-16/h1-10,12H,11H2,(H,23,28). The number of amides is 3. The maximum Gasteiger partial charge on any atom is 0.261 e. The lowest BCUT2D eigenvalue weighted by Gasteiger charge is -2.11. The van der Waals surface area contributed by atoms with Crippen LogP contribution in [0.1, 0.15) is 36.8 Å². The van der Waals surface area contributed by atoms with Crippen molar-refractivity contribution in [2.45, 2.75) is 6.54 Å². The number of fused-ring (bicyclic) bond motifs is 1. The molecule has 10 heteroatoms. The van der Waals surface area contributed by atoms with Crippen LogP contribution in [0.15, 0.2) is 71.6 Å². The van der Waals surface area contributed by atoms with Gasteiger partial charge in [-0.2, -0.15) is 0 Å². The molecule has 1 aliphatic rings. The van der Waals surface area contributed by atoms with Crippen LogP contribution in [0.3, 0.4) is 0 Å². The second-order valence-electron chi connectivity index (χ2n) is 6.80. The summed E-state index contributed by atoms with van der Waals surface area (Å²) in [7, 11) is 0. The third kappa shape index (κ3) is 3.35. The van der Waals surface area contributed by atoms with Gasteiger partial charge in [0.25, 0.3) is 17.7 Å². The maximum atomic E-state index is 12.8. The molecule has 31 heavy (non-hydrogen) atoms. The number of benzene rings is 2. The zero-order chi connectivity index (χ0) is 21.4. The van der Waals surface area contributed by atoms with Gasteiger partial charge in [0.15, 0.2) is 0 Å². The molecule has 0 atom stereocenters. The minimum atomic E-state index is -0.466. The van der Waals surface area contributed by atoms with Crippen molar-refractivity contribution in [3.05, 3.63) is 89.6 Å². The quantitative estimate of drug-likeness (QED) is 0.497. The number of nitrogens with zero attached hydrogens (tertiary/aromatic N) is 5. The Balaban J connectivity index is 1.37. The molecule has 1 N–H and O–H groups in total. The van der Waals surface area contributed by atoms with E-state index in [1.807, 2.05) is 0 Å². The highest BCUT2D eigenvalue weighted by molar-refractivity contribution is 6.22. The molecule has 1 aliphatic heterocycles. The van der Waals surface area contributed by atoms with Crippen molar-refractivity contribution in [2.24, 2.45) is 0 Å². The smallest absolute Gasteiger partial charge is 0.261 e. The number of anilines is 1. The minimum absolute atomic E-state index is 0.0326. The van der Waals surface area contributed by atoms with Gasteiger partial charge < -0.3 is 9.73 Å². The number of nitrogens with one attached hydrogen (secondary N) is 1. The SMILES string of the molecule is O=C(Nc1cccc(-n2cnnn2)c1)c1ccc2c(c1)C(=O)N(Cc1ccco1)C2=O. The molecule has 5 rings (SSSR count). The lowest BCUT2D eigenvalue weighted by Crippen LogP contribution is -2.28. The van der Waals surface area contributed by atoms with Crippen molar-refractivity contribution < 1.29 is 18.8 Å². The topological polar surface area (TPSA) is 123 Å². The number of tetrazole rings is 1. The highest BCUT2D eigenvalue weighted by Gasteiger charge is 2.36. The summed E-state index contributed by atoms with van der Waals surface area (Å²) in [6, 6.07) is 14.8. The second-order valence-corrected chi connectivity index (χ2v) is 6.80. The van der Waals surface area contributed by atoms with E-state index in [1.54, 1.807) is 36.4 Å². The van der Waals surface area contributed by atoms with Gasteiger partial charge in [0, 0.05) is 11.3 Å². The highest BCUT2D eigenvalue weighted by Crippen LogP contribution is 2.26. The molecule has 0 unspecified atom stereocenters. The van der Waals surface area contributed by atoms with Crippen LogP contribution in [-0.4, -0.2) is 42.8 Å². The molecule has 0 fully saturated rings. The first kappa shape index (κ1) is 18.4. The number of furan rings is 1. The summed E-state index contributed by atoms with van der Waals surface area (Å²) < 4.78 is 6.69. The van der Waals surface area contributed by atoms with Crippen molar-refractivity contribution in [3.63, 3.8) is 0 Å². The molecule has 3 amide bonds. The Bertz CT molecular complexity index is 1300. The number of hydrogen-bond acceptors (Lipinski definition) is 7. The van der Waals surface area contributed by atoms with Gasteiger partial charge >= 0.3 is 0 Å². The third-order valence-electron chi connectivity index (χ3n) is 4.84. The highest BCUT2D eigenvalue weighted by atomic mass is 16.3. The van der Waals surface area contributed by atoms with Crippen LogP contribution in [0.2, 0.25) is 0 Å². The van der Waals surface area contributed by atoms with E-state index in [4.69, 9.17) is 4.42 Å². The molecule has 0 aliphatic carbocycles. The molecule has 0 bridgehead atoms. The van der Waals surface area contributed by atoms with E-state index in [2.05, 4.69) is 20.8 Å². The number of rotatable bonds is 5. The van der Waals surface area contributed by atoms with Crippen LogP contribution in [-0.2, 0) is 6.54 Å². The van der Waals surface area contributed by atoms with Crippen molar-refractivity contribution >= 4 is 23.4 Å². The first-order valence-corrected chi connectivity index (χ1v) is 9.27. The predicted molar refractivity (Wildman–Crippen MR) is 106 cm³/mol. The Morgan fingerprint density at radius 1 is 1.00 bits per heavy atom. The average molecular weight is 414 g/mol. The lowest BCUT2D eigenvalue weighted by molar-refractivity contribution is 0.0631. The normalized spacial score (nSPS) is 12.8. The largest absolute Gasteiger partial charge is 0.467 e. The van der Waals surface area contributed by atoms with Crippen molar-refractivity contribution in [1.29, 1.82) is 0 Å². The van der Waals surface area contributed by atoms with Gasteiger partial charge in [-0.05, 0) is 59.0 Å². The van der Waals surface area contributed by atoms with Gasteiger partial charge in [0.05, 0.1) is 29.6 Å². The van der Waals surface area contributed by atoms with E-state index >= 15 is 0 Å². The Morgan fingerprint density at radius 2 is 1.87 bits per heavy atom. The molecule has 0 spiro atoms. The Morgan fingerprint density at radius 3 is 2.65 bits per heavy atom. The van der Waals surface area contributed by atoms with E-state index in [1.165, 1.54) is 35.5 Å². The van der Waals surface area contributed by atoms with Gasteiger partial charge in [-0.1, -0.05) is 6.07 Å². The number of aromatic nitrogens is 4. The molecule has 2 aromatic heterocycles. The van der Waals surface area contributed by atoms with Gasteiger partial charge in [0.2, 0.25) is 0 Å². The summed E-state index contributed by atoms with van der Waals surface area (Å²) in [6.07, 6.45) is 2.92. The molecule has 2 aromatic carbocycles. The van der Waals surface area contributed by atoms with E-state index in [0.29, 0.717) is 17.1 Å². The predicted octanol–water partition coefficient (Wildman–Crippen LogP) is 2.30. The number of carbonyl (C=O) groups excluding carboxylic acids is 3. The Labute approximate surface area is 175 Å². The Hall–Kier alpha value is -4.60. The monoisotopic (exact) mass is 414 g/mol. The zero-order valence-corrected chi connectivity index (χ0v) is 15.9. The zero-order valence-electron chi connectivity index (χ0n) is 15.9.